The van der Waals surface area contributed by atoms with Crippen molar-refractivity contribution in [2.24, 2.45) is 0 Å². The lowest BCUT2D eigenvalue weighted by Crippen LogP contribution is -2.27. The molecule has 1 aliphatic heterocycles. The van der Waals surface area contributed by atoms with E-state index in [-0.39, 0.29) is 25.5 Å². The summed E-state index contributed by atoms with van der Waals surface area (Å²) >= 11 is 0. The number of amides is 1. The second-order valence-electron chi connectivity index (χ2n) is 6.39. The van der Waals surface area contributed by atoms with Gasteiger partial charge in [0.1, 0.15) is 12.2 Å². The monoisotopic (exact) mass is 395 g/mol. The second kappa shape index (κ2) is 9.54. The number of hydrogen-bond donors (Lipinski definition) is 0. The summed E-state index contributed by atoms with van der Waals surface area (Å²) in [7, 11) is 0. The number of hydrogen-bond acceptors (Lipinski definition) is 6. The van der Waals surface area contributed by atoms with E-state index < -0.39 is 11.8 Å². The Morgan fingerprint density at radius 2 is 1.90 bits per heavy atom. The molecule has 0 spiro atoms. The molecular weight excluding hydrogens is 374 g/mol. The average Bonchev–Trinajstić information content (AvgIpc) is 3.21. The Morgan fingerprint density at radius 1 is 1.10 bits per heavy atom. The first-order valence-electron chi connectivity index (χ1n) is 9.10. The molecule has 1 aliphatic rings. The summed E-state index contributed by atoms with van der Waals surface area (Å²) in [6, 6.07) is 14.7. The maximum absolute atomic E-state index is 12.4. The zero-order valence-electron chi connectivity index (χ0n) is 16.0. The van der Waals surface area contributed by atoms with Crippen LogP contribution in [0.15, 0.2) is 54.1 Å². The van der Waals surface area contributed by atoms with Gasteiger partial charge in [-0.25, -0.2) is 4.79 Å². The maximum atomic E-state index is 12.4. The second-order valence-corrected chi connectivity index (χ2v) is 6.39. The summed E-state index contributed by atoms with van der Waals surface area (Å²) in [6.45, 7) is 1.98. The van der Waals surface area contributed by atoms with Gasteiger partial charge in [0.25, 0.3) is 0 Å². The molecule has 0 saturated carbocycles. The van der Waals surface area contributed by atoms with Gasteiger partial charge >= 0.3 is 5.97 Å². The number of para-hydroxylation sites is 1. The number of nitrogens with zero attached hydrogens (tertiary/aromatic N) is 1. The number of benzene rings is 2. The fourth-order valence-electron chi connectivity index (χ4n) is 2.85. The Balaban J connectivity index is 1.62. The molecule has 0 radical (unpaired) electrons. The van der Waals surface area contributed by atoms with Crippen LogP contribution in [0, 0.1) is 0 Å². The van der Waals surface area contributed by atoms with E-state index in [0.717, 1.165) is 5.56 Å². The van der Waals surface area contributed by atoms with Crippen LogP contribution < -0.4 is 9.47 Å². The Bertz CT molecular complexity index is 922. The lowest BCUT2D eigenvalue weighted by atomic mass is 10.1. The summed E-state index contributed by atoms with van der Waals surface area (Å²) in [4.78, 5) is 37.2. The molecule has 3 rings (SSSR count). The number of rotatable bonds is 9. The third-order valence-corrected chi connectivity index (χ3v) is 4.32. The minimum atomic E-state index is -0.750. The zero-order valence-corrected chi connectivity index (χ0v) is 16.0. The first-order chi connectivity index (χ1) is 14.1. The SMILES string of the molecule is CC(=O)C(=Cc1cccc2c1OCO2)C(=O)OCCN(C=O)Cc1ccccc1. The quantitative estimate of drug-likeness (QED) is 0.213. The van der Waals surface area contributed by atoms with Gasteiger partial charge in [0.15, 0.2) is 17.3 Å². The molecule has 0 bridgehead atoms. The van der Waals surface area contributed by atoms with Gasteiger partial charge in [-0.3, -0.25) is 9.59 Å². The highest BCUT2D eigenvalue weighted by Crippen LogP contribution is 2.36. The predicted molar refractivity (Wildman–Crippen MR) is 105 cm³/mol. The molecule has 0 fully saturated rings. The topological polar surface area (TPSA) is 82.1 Å². The number of fused-ring (bicyclic) bond motifs is 1. The number of esters is 1. The van der Waals surface area contributed by atoms with Crippen molar-refractivity contribution in [1.29, 1.82) is 0 Å². The van der Waals surface area contributed by atoms with Crippen molar-refractivity contribution in [2.45, 2.75) is 13.5 Å². The van der Waals surface area contributed by atoms with Crippen molar-refractivity contribution in [2.75, 3.05) is 19.9 Å². The fourth-order valence-corrected chi connectivity index (χ4v) is 2.85. The maximum Gasteiger partial charge on any atom is 0.341 e. The molecule has 2 aromatic rings. The normalized spacial score (nSPS) is 12.4. The molecule has 0 saturated heterocycles. The summed E-state index contributed by atoms with van der Waals surface area (Å²) in [5.74, 6) is -0.144. The fraction of sp³-hybridized carbons (Fsp3) is 0.227. The van der Waals surface area contributed by atoms with Crippen molar-refractivity contribution in [3.05, 3.63) is 65.2 Å². The number of carbonyl (C=O) groups excluding carboxylic acids is 3. The van der Waals surface area contributed by atoms with Crippen molar-refractivity contribution < 1.29 is 28.6 Å². The highest BCUT2D eigenvalue weighted by Gasteiger charge is 2.21. The summed E-state index contributed by atoms with van der Waals surface area (Å²) in [5, 5.41) is 0. The van der Waals surface area contributed by atoms with Crippen molar-refractivity contribution in [3.8, 4) is 11.5 Å². The zero-order chi connectivity index (χ0) is 20.6. The number of ketones is 1. The van der Waals surface area contributed by atoms with E-state index in [4.69, 9.17) is 14.2 Å². The minimum Gasteiger partial charge on any atom is -0.460 e. The van der Waals surface area contributed by atoms with Crippen LogP contribution in [-0.2, 0) is 25.7 Å². The Morgan fingerprint density at radius 3 is 2.62 bits per heavy atom. The molecule has 0 unspecified atom stereocenters. The van der Waals surface area contributed by atoms with Gasteiger partial charge in [-0.15, -0.1) is 0 Å². The van der Waals surface area contributed by atoms with E-state index >= 15 is 0 Å². The van der Waals surface area contributed by atoms with E-state index in [1.54, 1.807) is 18.2 Å². The molecule has 2 aromatic carbocycles. The molecule has 0 aromatic heterocycles. The van der Waals surface area contributed by atoms with Crippen molar-refractivity contribution in [3.63, 3.8) is 0 Å². The van der Waals surface area contributed by atoms with Crippen LogP contribution in [0.2, 0.25) is 0 Å². The van der Waals surface area contributed by atoms with Gasteiger partial charge in [0.05, 0.1) is 6.54 Å². The third kappa shape index (κ3) is 5.22. The van der Waals surface area contributed by atoms with Gasteiger partial charge in [0, 0.05) is 12.1 Å². The van der Waals surface area contributed by atoms with Gasteiger partial charge in [0.2, 0.25) is 13.2 Å². The summed E-state index contributed by atoms with van der Waals surface area (Å²) in [5.41, 5.74) is 1.42. The standard InChI is InChI=1S/C22H21NO6/c1-16(25)19(12-18-8-5-9-20-21(18)29-15-28-20)22(26)27-11-10-23(14-24)13-17-6-3-2-4-7-17/h2-9,12,14H,10-11,13,15H2,1H3. The first-order valence-corrected chi connectivity index (χ1v) is 9.10. The molecule has 7 heteroatoms. The van der Waals surface area contributed by atoms with Crippen molar-refractivity contribution in [1.82, 2.24) is 4.90 Å². The van der Waals surface area contributed by atoms with Gasteiger partial charge < -0.3 is 19.1 Å². The number of carbonyl (C=O) groups is 3. The van der Waals surface area contributed by atoms with Crippen LogP contribution in [0.3, 0.4) is 0 Å². The predicted octanol–water partition coefficient (Wildman–Crippen LogP) is 2.59. The molecule has 0 N–H and O–H groups in total. The van der Waals surface area contributed by atoms with Crippen LogP contribution in [0.1, 0.15) is 18.1 Å². The van der Waals surface area contributed by atoms with Gasteiger partial charge in [-0.2, -0.15) is 0 Å². The third-order valence-electron chi connectivity index (χ3n) is 4.32. The summed E-state index contributed by atoms with van der Waals surface area (Å²) in [6.07, 6.45) is 2.13. The van der Waals surface area contributed by atoms with E-state index in [9.17, 15) is 14.4 Å². The molecular formula is C22H21NO6. The molecule has 0 aliphatic carbocycles. The van der Waals surface area contributed by atoms with E-state index in [1.807, 2.05) is 30.3 Å². The highest BCUT2D eigenvalue weighted by atomic mass is 16.7. The number of Topliss-reactive ketones (excluding diaryl/α,β-unsaturated/α-hetero) is 1. The Kier molecular flexibility index (Phi) is 6.63. The molecule has 1 amide bonds. The molecule has 1 heterocycles. The lowest BCUT2D eigenvalue weighted by molar-refractivity contribution is -0.141. The van der Waals surface area contributed by atoms with Crippen LogP contribution in [0.25, 0.3) is 6.08 Å². The Labute approximate surface area is 168 Å². The van der Waals surface area contributed by atoms with Gasteiger partial charge in [-0.1, -0.05) is 42.5 Å². The van der Waals surface area contributed by atoms with Crippen LogP contribution in [-0.4, -0.2) is 43.0 Å². The lowest BCUT2D eigenvalue weighted by Gasteiger charge is -2.17. The van der Waals surface area contributed by atoms with Crippen molar-refractivity contribution >= 4 is 24.2 Å². The highest BCUT2D eigenvalue weighted by molar-refractivity contribution is 6.20. The van der Waals surface area contributed by atoms with Crippen LogP contribution in [0.4, 0.5) is 0 Å². The van der Waals surface area contributed by atoms with E-state index in [2.05, 4.69) is 0 Å². The average molecular weight is 395 g/mol. The van der Waals surface area contributed by atoms with Crippen LogP contribution in [0.5, 0.6) is 11.5 Å². The van der Waals surface area contributed by atoms with Gasteiger partial charge in [-0.05, 0) is 24.6 Å². The summed E-state index contributed by atoms with van der Waals surface area (Å²) < 4.78 is 15.9. The number of ether oxygens (including phenoxy) is 3. The van der Waals surface area contributed by atoms with E-state index in [0.29, 0.717) is 30.0 Å². The first kappa shape index (κ1) is 20.1. The minimum absolute atomic E-state index is 0.0263. The largest absolute Gasteiger partial charge is 0.460 e. The molecule has 29 heavy (non-hydrogen) atoms. The smallest absolute Gasteiger partial charge is 0.341 e. The van der Waals surface area contributed by atoms with Crippen LogP contribution >= 0.6 is 0 Å². The molecule has 0 atom stereocenters. The molecule has 7 nitrogen and oxygen atoms in total. The Hall–Kier alpha value is -3.61. The molecule has 150 valence electrons. The van der Waals surface area contributed by atoms with E-state index in [1.165, 1.54) is 17.9 Å².